The zero-order valence-corrected chi connectivity index (χ0v) is 15.4. The van der Waals surface area contributed by atoms with Crippen molar-refractivity contribution in [2.75, 3.05) is 12.9 Å². The summed E-state index contributed by atoms with van der Waals surface area (Å²) in [5.74, 6) is 0.939. The summed E-state index contributed by atoms with van der Waals surface area (Å²) in [6.07, 6.45) is 1.31. The van der Waals surface area contributed by atoms with Crippen molar-refractivity contribution in [3.05, 3.63) is 68.7 Å². The Morgan fingerprint density at radius 3 is 2.85 bits per heavy atom. The molecular weight excluding hydrogens is 378 g/mol. The van der Waals surface area contributed by atoms with Gasteiger partial charge in [0.1, 0.15) is 5.75 Å². The summed E-state index contributed by atoms with van der Waals surface area (Å²) in [6, 6.07) is 11.6. The molecule has 0 aliphatic rings. The van der Waals surface area contributed by atoms with Gasteiger partial charge in [-0.15, -0.1) is 11.8 Å². The standard InChI is InChI=1S/C17H16ClN3O4S/c1-25-16-7-6-14(21(23)24)8-13(16)9-19-20-17(22)11-26-10-12-4-2-3-5-15(12)18/h2-9H,10-11H2,1H3,(H,20,22)/b19-9+. The van der Waals surface area contributed by atoms with Crippen molar-refractivity contribution in [3.8, 4) is 5.75 Å². The lowest BCUT2D eigenvalue weighted by Crippen LogP contribution is -2.19. The number of halogens is 1. The average molecular weight is 394 g/mol. The highest BCUT2D eigenvalue weighted by Gasteiger charge is 2.10. The average Bonchev–Trinajstić information content (AvgIpc) is 2.63. The van der Waals surface area contributed by atoms with Gasteiger partial charge in [0.05, 0.1) is 24.0 Å². The second-order valence-corrected chi connectivity index (χ2v) is 6.45. The zero-order chi connectivity index (χ0) is 18.9. The number of nitro benzene ring substituents is 1. The Morgan fingerprint density at radius 1 is 1.38 bits per heavy atom. The number of non-ortho nitro benzene ring substituents is 1. The van der Waals surface area contributed by atoms with E-state index in [1.54, 1.807) is 6.07 Å². The van der Waals surface area contributed by atoms with Crippen LogP contribution in [0.5, 0.6) is 5.75 Å². The summed E-state index contributed by atoms with van der Waals surface area (Å²) in [5, 5.41) is 15.3. The zero-order valence-electron chi connectivity index (χ0n) is 13.8. The first kappa shape index (κ1) is 19.7. The molecule has 0 unspecified atom stereocenters. The van der Waals surface area contributed by atoms with E-state index in [1.165, 1.54) is 43.3 Å². The molecule has 136 valence electrons. The summed E-state index contributed by atoms with van der Waals surface area (Å²) in [6.45, 7) is 0. The van der Waals surface area contributed by atoms with Crippen LogP contribution in [0.15, 0.2) is 47.6 Å². The monoisotopic (exact) mass is 393 g/mol. The number of hydrazone groups is 1. The van der Waals surface area contributed by atoms with E-state index >= 15 is 0 Å². The molecule has 0 aromatic heterocycles. The van der Waals surface area contributed by atoms with Crippen molar-refractivity contribution in [3.63, 3.8) is 0 Å². The second-order valence-electron chi connectivity index (χ2n) is 5.06. The molecule has 0 aliphatic heterocycles. The first-order valence-electron chi connectivity index (χ1n) is 7.46. The van der Waals surface area contributed by atoms with E-state index in [9.17, 15) is 14.9 Å². The molecule has 0 bridgehead atoms. The summed E-state index contributed by atoms with van der Waals surface area (Å²) in [5.41, 5.74) is 3.64. The third-order valence-electron chi connectivity index (χ3n) is 3.27. The van der Waals surface area contributed by atoms with Crippen molar-refractivity contribution in [1.82, 2.24) is 5.43 Å². The summed E-state index contributed by atoms with van der Waals surface area (Å²) in [4.78, 5) is 22.1. The summed E-state index contributed by atoms with van der Waals surface area (Å²) < 4.78 is 5.12. The Morgan fingerprint density at radius 2 is 2.15 bits per heavy atom. The maximum Gasteiger partial charge on any atom is 0.270 e. The van der Waals surface area contributed by atoms with Crippen LogP contribution in [0, 0.1) is 10.1 Å². The number of benzene rings is 2. The predicted molar refractivity (Wildman–Crippen MR) is 103 cm³/mol. The largest absolute Gasteiger partial charge is 0.496 e. The minimum atomic E-state index is -0.513. The number of carbonyl (C=O) groups is 1. The Bertz CT molecular complexity index is 829. The number of thioether (sulfide) groups is 1. The minimum Gasteiger partial charge on any atom is -0.496 e. The molecule has 0 spiro atoms. The number of hydrogen-bond acceptors (Lipinski definition) is 6. The van der Waals surface area contributed by atoms with Crippen molar-refractivity contribution in [1.29, 1.82) is 0 Å². The molecule has 2 rings (SSSR count). The van der Waals surface area contributed by atoms with Gasteiger partial charge in [-0.05, 0) is 17.7 Å². The number of amides is 1. The molecule has 0 atom stereocenters. The van der Waals surface area contributed by atoms with Gasteiger partial charge in [0.2, 0.25) is 5.91 Å². The van der Waals surface area contributed by atoms with E-state index in [0.29, 0.717) is 22.1 Å². The van der Waals surface area contributed by atoms with Gasteiger partial charge in [-0.3, -0.25) is 14.9 Å². The van der Waals surface area contributed by atoms with Crippen LogP contribution in [0.2, 0.25) is 5.02 Å². The highest BCUT2D eigenvalue weighted by atomic mass is 35.5. The van der Waals surface area contributed by atoms with Gasteiger partial charge in [0.25, 0.3) is 5.69 Å². The quantitative estimate of drug-likeness (QED) is 0.419. The SMILES string of the molecule is COc1ccc([N+](=O)[O-])cc1/C=N/NC(=O)CSCc1ccccc1Cl. The Labute approximate surface area is 159 Å². The Kier molecular flexibility index (Phi) is 7.43. The molecule has 0 aliphatic carbocycles. The fraction of sp³-hybridized carbons (Fsp3) is 0.176. The number of rotatable bonds is 8. The predicted octanol–water partition coefficient (Wildman–Crippen LogP) is 3.64. The van der Waals surface area contributed by atoms with Gasteiger partial charge in [0.15, 0.2) is 0 Å². The van der Waals surface area contributed by atoms with E-state index in [1.807, 2.05) is 18.2 Å². The molecule has 0 radical (unpaired) electrons. The van der Waals surface area contributed by atoms with Crippen LogP contribution in [-0.4, -0.2) is 29.9 Å². The number of nitrogens with zero attached hydrogens (tertiary/aromatic N) is 2. The van der Waals surface area contributed by atoms with Gasteiger partial charge in [-0.2, -0.15) is 5.10 Å². The Balaban J connectivity index is 1.87. The van der Waals surface area contributed by atoms with Gasteiger partial charge in [-0.25, -0.2) is 5.43 Å². The second kappa shape index (κ2) is 9.79. The lowest BCUT2D eigenvalue weighted by molar-refractivity contribution is -0.384. The summed E-state index contributed by atoms with van der Waals surface area (Å²) >= 11 is 7.46. The number of methoxy groups -OCH3 is 1. The van der Waals surface area contributed by atoms with Crippen LogP contribution in [0.4, 0.5) is 5.69 Å². The molecule has 2 aromatic rings. The molecule has 0 fully saturated rings. The van der Waals surface area contributed by atoms with E-state index in [-0.39, 0.29) is 17.3 Å². The van der Waals surface area contributed by atoms with E-state index in [0.717, 1.165) is 5.56 Å². The first-order valence-corrected chi connectivity index (χ1v) is 9.00. The molecule has 26 heavy (non-hydrogen) atoms. The first-order chi connectivity index (χ1) is 12.5. The maximum atomic E-state index is 11.8. The normalized spacial score (nSPS) is 10.7. The van der Waals surface area contributed by atoms with Gasteiger partial charge in [0, 0.05) is 28.5 Å². The van der Waals surface area contributed by atoms with Crippen molar-refractivity contribution < 1.29 is 14.5 Å². The third kappa shape index (κ3) is 5.75. The van der Waals surface area contributed by atoms with Crippen molar-refractivity contribution in [2.45, 2.75) is 5.75 Å². The lowest BCUT2D eigenvalue weighted by atomic mass is 10.2. The van der Waals surface area contributed by atoms with Crippen molar-refractivity contribution in [2.24, 2.45) is 5.10 Å². The fourth-order valence-electron chi connectivity index (χ4n) is 2.01. The van der Waals surface area contributed by atoms with Crippen molar-refractivity contribution >= 4 is 41.2 Å². The fourth-order valence-corrected chi connectivity index (χ4v) is 3.12. The van der Waals surface area contributed by atoms with Gasteiger partial charge >= 0.3 is 0 Å². The molecule has 1 amide bonds. The van der Waals surface area contributed by atoms with Crippen LogP contribution in [0.3, 0.4) is 0 Å². The molecule has 0 saturated carbocycles. The van der Waals surface area contributed by atoms with Crippen LogP contribution in [-0.2, 0) is 10.5 Å². The third-order valence-corrected chi connectivity index (χ3v) is 4.62. The number of ether oxygens (including phenoxy) is 1. The summed E-state index contributed by atoms with van der Waals surface area (Å²) in [7, 11) is 1.45. The lowest BCUT2D eigenvalue weighted by Gasteiger charge is -2.05. The molecule has 9 heteroatoms. The Hall–Kier alpha value is -2.58. The highest BCUT2D eigenvalue weighted by molar-refractivity contribution is 7.99. The van der Waals surface area contributed by atoms with E-state index in [2.05, 4.69) is 10.5 Å². The molecule has 0 heterocycles. The van der Waals surface area contributed by atoms with Crippen LogP contribution in [0.1, 0.15) is 11.1 Å². The smallest absolute Gasteiger partial charge is 0.270 e. The van der Waals surface area contributed by atoms with Gasteiger partial charge < -0.3 is 4.74 Å². The molecular formula is C17H16ClN3O4S. The molecule has 2 aromatic carbocycles. The maximum absolute atomic E-state index is 11.8. The molecule has 1 N–H and O–H groups in total. The molecule has 7 nitrogen and oxygen atoms in total. The van der Waals surface area contributed by atoms with Gasteiger partial charge in [-0.1, -0.05) is 29.8 Å². The number of nitro groups is 1. The minimum absolute atomic E-state index is 0.0890. The van der Waals surface area contributed by atoms with E-state index < -0.39 is 4.92 Å². The van der Waals surface area contributed by atoms with E-state index in [4.69, 9.17) is 16.3 Å². The van der Waals surface area contributed by atoms with Crippen LogP contribution in [0.25, 0.3) is 0 Å². The number of hydrogen-bond donors (Lipinski definition) is 1. The molecule has 0 saturated heterocycles. The van der Waals surface area contributed by atoms with Crippen LogP contribution >= 0.6 is 23.4 Å². The number of nitrogens with one attached hydrogen (secondary N) is 1. The number of carbonyl (C=O) groups excluding carboxylic acids is 1. The highest BCUT2D eigenvalue weighted by Crippen LogP contribution is 2.22. The van der Waals surface area contributed by atoms with Crippen LogP contribution < -0.4 is 10.2 Å². The topological polar surface area (TPSA) is 93.8 Å².